The molecule has 2 aromatic rings. The van der Waals surface area contributed by atoms with Gasteiger partial charge in [-0.1, -0.05) is 48.5 Å². The van der Waals surface area contributed by atoms with Crippen LogP contribution in [-0.4, -0.2) is 12.5 Å². The van der Waals surface area contributed by atoms with Gasteiger partial charge < -0.3 is 0 Å². The van der Waals surface area contributed by atoms with Crippen LogP contribution in [0.1, 0.15) is 23.5 Å². The molecule has 0 spiro atoms. The second kappa shape index (κ2) is 4.53. The highest BCUT2D eigenvalue weighted by Crippen LogP contribution is 2.25. The van der Waals surface area contributed by atoms with E-state index in [4.69, 9.17) is 2.74 Å². The van der Waals surface area contributed by atoms with Crippen LogP contribution in [0, 0.1) is 0 Å². The van der Waals surface area contributed by atoms with Crippen LogP contribution in [0.2, 0.25) is 0 Å². The van der Waals surface area contributed by atoms with Crippen molar-refractivity contribution in [1.82, 2.24) is 0 Å². The molecule has 0 heterocycles. The summed E-state index contributed by atoms with van der Waals surface area (Å²) in [7, 11) is 0. The van der Waals surface area contributed by atoms with Crippen molar-refractivity contribution in [2.75, 3.05) is 0 Å². The van der Waals surface area contributed by atoms with E-state index in [0.717, 1.165) is 0 Å². The van der Waals surface area contributed by atoms with Crippen LogP contribution in [0.3, 0.4) is 0 Å². The van der Waals surface area contributed by atoms with E-state index in [1.807, 2.05) is 0 Å². The topological polar surface area (TPSA) is 34.1 Å². The fourth-order valence-corrected chi connectivity index (χ4v) is 1.61. The summed E-state index contributed by atoms with van der Waals surface area (Å²) in [4.78, 5) is 22.5. The van der Waals surface area contributed by atoms with Crippen molar-refractivity contribution in [2.45, 2.75) is 0 Å². The molecular formula is C14H10O2. The van der Waals surface area contributed by atoms with Gasteiger partial charge in [-0.3, -0.25) is 9.59 Å². The summed E-state index contributed by atoms with van der Waals surface area (Å²) in [6, 6.07) is 13.2. The maximum absolute atomic E-state index is 11.3. The molecule has 0 aliphatic heterocycles. The van der Waals surface area contributed by atoms with Crippen molar-refractivity contribution in [3.8, 4) is 11.1 Å². The van der Waals surface area contributed by atoms with E-state index in [0.29, 0.717) is 11.1 Å². The maximum Gasteiger partial charge on any atom is 0.150 e. The molecule has 78 valence electrons. The van der Waals surface area contributed by atoms with Crippen molar-refractivity contribution < 1.29 is 12.3 Å². The third kappa shape index (κ3) is 1.77. The average molecular weight is 212 g/mol. The largest absolute Gasteiger partial charge is 0.298 e. The zero-order valence-corrected chi connectivity index (χ0v) is 8.44. The monoisotopic (exact) mass is 212 g/mol. The molecule has 2 nitrogen and oxygen atoms in total. The minimum atomic E-state index is -0.808. The van der Waals surface area contributed by atoms with E-state index in [9.17, 15) is 9.59 Å². The third-order valence-electron chi connectivity index (χ3n) is 2.36. The first-order valence-electron chi connectivity index (χ1n) is 5.81. The van der Waals surface area contributed by atoms with Crippen LogP contribution in [0.15, 0.2) is 48.5 Å². The SMILES string of the molecule is [2H]C(=O)c1ccccc1-c1ccccc1C([2H])=O. The quantitative estimate of drug-likeness (QED) is 0.733. The number of carbonyl (C=O) groups excluding carboxylic acids is 2. The van der Waals surface area contributed by atoms with Crippen molar-refractivity contribution in [3.63, 3.8) is 0 Å². The zero-order valence-electron chi connectivity index (χ0n) is 10.4. The van der Waals surface area contributed by atoms with Crippen LogP contribution < -0.4 is 0 Å². The lowest BCUT2D eigenvalue weighted by molar-refractivity contribution is 0.111. The third-order valence-corrected chi connectivity index (χ3v) is 2.36. The zero-order chi connectivity index (χ0) is 13.1. The van der Waals surface area contributed by atoms with Crippen molar-refractivity contribution in [2.24, 2.45) is 0 Å². The molecule has 0 unspecified atom stereocenters. The van der Waals surface area contributed by atoms with Gasteiger partial charge in [-0.05, 0) is 11.1 Å². The molecule has 0 saturated carbocycles. The molecule has 0 aromatic heterocycles. The molecule has 0 atom stereocenters. The molecule has 0 N–H and O–H groups in total. The van der Waals surface area contributed by atoms with E-state index < -0.39 is 12.5 Å². The predicted molar refractivity (Wildman–Crippen MR) is 62.7 cm³/mol. The van der Waals surface area contributed by atoms with Crippen molar-refractivity contribution in [1.29, 1.82) is 0 Å². The van der Waals surface area contributed by atoms with Crippen LogP contribution >= 0.6 is 0 Å². The Bertz CT molecular complexity index is 565. The van der Waals surface area contributed by atoms with Crippen LogP contribution in [0.4, 0.5) is 0 Å². The lowest BCUT2D eigenvalue weighted by Crippen LogP contribution is -1.91. The highest BCUT2D eigenvalue weighted by molar-refractivity contribution is 5.94. The molecule has 0 radical (unpaired) electrons. The second-order valence-corrected chi connectivity index (χ2v) is 3.30. The smallest absolute Gasteiger partial charge is 0.150 e. The Morgan fingerprint density at radius 1 is 0.750 bits per heavy atom. The summed E-state index contributed by atoms with van der Waals surface area (Å²) < 4.78 is 14.4. The summed E-state index contributed by atoms with van der Waals surface area (Å²) in [5, 5.41) is 0. The molecule has 0 amide bonds. The normalized spacial score (nSPS) is 11.5. The Hall–Kier alpha value is -2.22. The lowest BCUT2D eigenvalue weighted by atomic mass is 9.96. The Labute approximate surface area is 96.4 Å². The second-order valence-electron chi connectivity index (χ2n) is 3.30. The van der Waals surface area contributed by atoms with E-state index in [2.05, 4.69) is 0 Å². The first-order chi connectivity index (χ1) is 8.61. The van der Waals surface area contributed by atoms with Gasteiger partial charge in [0.2, 0.25) is 0 Å². The maximum atomic E-state index is 11.3. The highest BCUT2D eigenvalue weighted by atomic mass is 16.1. The van der Waals surface area contributed by atoms with Gasteiger partial charge in [-0.15, -0.1) is 0 Å². The average Bonchev–Trinajstić information content (AvgIpc) is 2.38. The van der Waals surface area contributed by atoms with Gasteiger partial charge in [0.05, 0.1) is 0 Å². The number of aldehydes is 2. The molecule has 0 fully saturated rings. The summed E-state index contributed by atoms with van der Waals surface area (Å²) in [5.74, 6) is 0. The minimum absolute atomic E-state index is 0.228. The van der Waals surface area contributed by atoms with Gasteiger partial charge in [-0.25, -0.2) is 0 Å². The van der Waals surface area contributed by atoms with E-state index in [1.54, 1.807) is 36.4 Å². The molecule has 2 rings (SSSR count). The van der Waals surface area contributed by atoms with E-state index >= 15 is 0 Å². The molecule has 2 aromatic carbocycles. The lowest BCUT2D eigenvalue weighted by Gasteiger charge is -2.06. The van der Waals surface area contributed by atoms with E-state index in [-0.39, 0.29) is 11.1 Å². The molecule has 0 bridgehead atoms. The minimum Gasteiger partial charge on any atom is -0.298 e. The summed E-state index contributed by atoms with van der Waals surface area (Å²) in [5.41, 5.74) is 1.47. The summed E-state index contributed by atoms with van der Waals surface area (Å²) in [6.07, 6.45) is -1.62. The number of rotatable bonds is 3. The molecular weight excluding hydrogens is 200 g/mol. The Balaban J connectivity index is 2.70. The van der Waals surface area contributed by atoms with Gasteiger partial charge in [-0.2, -0.15) is 0 Å². The van der Waals surface area contributed by atoms with Gasteiger partial charge in [0, 0.05) is 11.1 Å². The van der Waals surface area contributed by atoms with Crippen LogP contribution in [0.5, 0.6) is 0 Å². The van der Waals surface area contributed by atoms with Gasteiger partial charge in [0.1, 0.15) is 2.74 Å². The number of carbonyl (C=O) groups is 2. The molecule has 16 heavy (non-hydrogen) atoms. The fraction of sp³-hybridized carbons (Fsp3) is 0. The Kier molecular flexibility index (Phi) is 2.26. The van der Waals surface area contributed by atoms with Gasteiger partial charge in [0.25, 0.3) is 0 Å². The van der Waals surface area contributed by atoms with Crippen molar-refractivity contribution in [3.05, 3.63) is 59.7 Å². The van der Waals surface area contributed by atoms with Crippen LogP contribution in [0.25, 0.3) is 11.1 Å². The van der Waals surface area contributed by atoms with Gasteiger partial charge in [0.15, 0.2) is 12.5 Å². The fourth-order valence-electron chi connectivity index (χ4n) is 1.61. The molecule has 0 saturated heterocycles. The number of hydrogen-bond acceptors (Lipinski definition) is 2. The molecule has 0 aliphatic carbocycles. The van der Waals surface area contributed by atoms with Gasteiger partial charge >= 0.3 is 0 Å². The molecule has 0 aliphatic rings. The Morgan fingerprint density at radius 2 is 1.12 bits per heavy atom. The Morgan fingerprint density at radius 3 is 1.50 bits per heavy atom. The summed E-state index contributed by atoms with van der Waals surface area (Å²) >= 11 is 0. The molecule has 2 heteroatoms. The number of hydrogen-bond donors (Lipinski definition) is 0. The number of benzene rings is 2. The standard InChI is InChI=1S/C14H10O2/c15-9-11-5-1-3-7-13(11)14-8-4-2-6-12(14)10-16/h1-10H/i9D,10D. The summed E-state index contributed by atoms with van der Waals surface area (Å²) in [6.45, 7) is 0. The first kappa shape index (κ1) is 7.99. The van der Waals surface area contributed by atoms with Crippen molar-refractivity contribution >= 4 is 12.5 Å². The van der Waals surface area contributed by atoms with Crippen LogP contribution in [-0.2, 0) is 0 Å². The highest BCUT2D eigenvalue weighted by Gasteiger charge is 2.07. The first-order valence-corrected chi connectivity index (χ1v) is 4.81. The van der Waals surface area contributed by atoms with E-state index in [1.165, 1.54) is 12.1 Å². The predicted octanol–water partition coefficient (Wildman–Crippen LogP) is 2.98.